The minimum atomic E-state index is -4.62. The van der Waals surface area contributed by atoms with Crippen LogP contribution in [0.15, 0.2) is 60.8 Å². The highest BCUT2D eigenvalue weighted by molar-refractivity contribution is 5.93. The molecule has 0 aliphatic carbocycles. The molecule has 0 radical (unpaired) electrons. The standard InChI is InChI=1S/C25H20F6N4O/c1-23(2,13-36)22-34-19-12-14(20-18(25(29,30)31)4-3-11-32-20)5-10-17(19)21(35-22)33-16-8-6-15(7-9-16)24(26,27)28/h3-12,36H,13H2,1-2H3,(H,33,34,35). The number of hydrogen-bond acceptors (Lipinski definition) is 5. The summed E-state index contributed by atoms with van der Waals surface area (Å²) >= 11 is 0. The minimum Gasteiger partial charge on any atom is -0.395 e. The second-order valence-electron chi connectivity index (χ2n) is 8.77. The normalized spacial score (nSPS) is 12.7. The van der Waals surface area contributed by atoms with Crippen molar-refractivity contribution in [3.05, 3.63) is 77.7 Å². The number of fused-ring (bicyclic) bond motifs is 1. The number of pyridine rings is 1. The molecule has 4 aromatic rings. The van der Waals surface area contributed by atoms with Gasteiger partial charge in [0.1, 0.15) is 11.6 Å². The molecule has 0 spiro atoms. The first kappa shape index (κ1) is 25.4. The van der Waals surface area contributed by atoms with Gasteiger partial charge in [0.2, 0.25) is 0 Å². The van der Waals surface area contributed by atoms with Gasteiger partial charge >= 0.3 is 12.4 Å². The quantitative estimate of drug-likeness (QED) is 0.293. The molecule has 2 aromatic carbocycles. The number of nitrogens with zero attached hydrogens (tertiary/aromatic N) is 3. The molecule has 2 heterocycles. The summed E-state index contributed by atoms with van der Waals surface area (Å²) in [6.45, 7) is 3.04. The summed E-state index contributed by atoms with van der Waals surface area (Å²) < 4.78 is 79.4. The maximum atomic E-state index is 13.5. The van der Waals surface area contributed by atoms with Crippen LogP contribution in [0.1, 0.15) is 30.8 Å². The highest BCUT2D eigenvalue weighted by Crippen LogP contribution is 2.38. The van der Waals surface area contributed by atoms with Gasteiger partial charge in [-0.1, -0.05) is 19.9 Å². The van der Waals surface area contributed by atoms with E-state index in [-0.39, 0.29) is 35.0 Å². The Morgan fingerprint density at radius 3 is 2.17 bits per heavy atom. The average molecular weight is 506 g/mol. The molecule has 0 aliphatic rings. The van der Waals surface area contributed by atoms with Crippen molar-refractivity contribution >= 4 is 22.4 Å². The number of alkyl halides is 6. The second kappa shape index (κ2) is 9.05. The van der Waals surface area contributed by atoms with Crippen LogP contribution in [0.3, 0.4) is 0 Å². The van der Waals surface area contributed by atoms with Gasteiger partial charge in [-0.2, -0.15) is 26.3 Å². The molecule has 2 aromatic heterocycles. The number of rotatable bonds is 5. The molecule has 0 bridgehead atoms. The lowest BCUT2D eigenvalue weighted by molar-refractivity contribution is -0.138. The highest BCUT2D eigenvalue weighted by Gasteiger charge is 2.34. The molecular formula is C25H20F6N4O. The van der Waals surface area contributed by atoms with Crippen LogP contribution in [-0.2, 0) is 17.8 Å². The van der Waals surface area contributed by atoms with Crippen molar-refractivity contribution < 1.29 is 31.4 Å². The van der Waals surface area contributed by atoms with Gasteiger partial charge in [-0.3, -0.25) is 4.98 Å². The van der Waals surface area contributed by atoms with Gasteiger partial charge in [0.25, 0.3) is 0 Å². The molecule has 0 saturated carbocycles. The Hall–Kier alpha value is -3.73. The van der Waals surface area contributed by atoms with Crippen LogP contribution < -0.4 is 5.32 Å². The molecule has 2 N–H and O–H groups in total. The van der Waals surface area contributed by atoms with E-state index in [0.717, 1.165) is 18.2 Å². The number of aliphatic hydroxyl groups is 1. The van der Waals surface area contributed by atoms with E-state index in [1.54, 1.807) is 13.8 Å². The summed E-state index contributed by atoms with van der Waals surface area (Å²) in [6.07, 6.45) is -7.86. The lowest BCUT2D eigenvalue weighted by atomic mass is 9.93. The third kappa shape index (κ3) is 5.11. The fraction of sp³-hybridized carbons (Fsp3) is 0.240. The van der Waals surface area contributed by atoms with E-state index in [0.29, 0.717) is 11.1 Å². The maximum absolute atomic E-state index is 13.5. The van der Waals surface area contributed by atoms with Crippen LogP contribution in [0, 0.1) is 0 Å². The Balaban J connectivity index is 1.85. The molecule has 4 rings (SSSR count). The van der Waals surface area contributed by atoms with Crippen molar-refractivity contribution in [2.45, 2.75) is 31.6 Å². The van der Waals surface area contributed by atoms with Gasteiger partial charge in [0, 0.05) is 28.2 Å². The van der Waals surface area contributed by atoms with E-state index < -0.39 is 28.9 Å². The predicted molar refractivity (Wildman–Crippen MR) is 123 cm³/mol. The molecule has 0 saturated heterocycles. The molecule has 5 nitrogen and oxygen atoms in total. The molecular weight excluding hydrogens is 486 g/mol. The van der Waals surface area contributed by atoms with E-state index in [1.165, 1.54) is 42.6 Å². The smallest absolute Gasteiger partial charge is 0.395 e. The monoisotopic (exact) mass is 506 g/mol. The van der Waals surface area contributed by atoms with E-state index >= 15 is 0 Å². The molecule has 11 heteroatoms. The van der Waals surface area contributed by atoms with Crippen molar-refractivity contribution in [3.63, 3.8) is 0 Å². The number of aromatic nitrogens is 3. The molecule has 0 fully saturated rings. The summed E-state index contributed by atoms with van der Waals surface area (Å²) in [5, 5.41) is 13.2. The number of benzene rings is 2. The summed E-state index contributed by atoms with van der Waals surface area (Å²) in [4.78, 5) is 12.9. The zero-order valence-corrected chi connectivity index (χ0v) is 19.0. The third-order valence-corrected chi connectivity index (χ3v) is 5.56. The van der Waals surface area contributed by atoms with Gasteiger partial charge in [-0.15, -0.1) is 0 Å². The fourth-order valence-electron chi connectivity index (χ4n) is 3.49. The molecule has 188 valence electrons. The number of hydrogen-bond donors (Lipinski definition) is 2. The van der Waals surface area contributed by atoms with Crippen LogP contribution in [0.4, 0.5) is 37.8 Å². The van der Waals surface area contributed by atoms with Crippen LogP contribution in [0.25, 0.3) is 22.2 Å². The topological polar surface area (TPSA) is 70.9 Å². The predicted octanol–water partition coefficient (Wildman–Crippen LogP) is 6.74. The lowest BCUT2D eigenvalue weighted by Gasteiger charge is -2.22. The number of anilines is 2. The maximum Gasteiger partial charge on any atom is 0.418 e. The zero-order valence-electron chi connectivity index (χ0n) is 19.0. The van der Waals surface area contributed by atoms with Gasteiger partial charge in [-0.05, 0) is 48.5 Å². The number of halogens is 6. The molecule has 0 unspecified atom stereocenters. The molecule has 36 heavy (non-hydrogen) atoms. The first-order chi connectivity index (χ1) is 16.8. The Morgan fingerprint density at radius 2 is 1.56 bits per heavy atom. The first-order valence-electron chi connectivity index (χ1n) is 10.7. The van der Waals surface area contributed by atoms with Crippen LogP contribution in [0.2, 0.25) is 0 Å². The third-order valence-electron chi connectivity index (χ3n) is 5.56. The minimum absolute atomic E-state index is 0.169. The Kier molecular flexibility index (Phi) is 6.38. The summed E-state index contributed by atoms with van der Waals surface area (Å²) in [7, 11) is 0. The first-order valence-corrected chi connectivity index (χ1v) is 10.7. The van der Waals surface area contributed by atoms with Crippen molar-refractivity contribution in [2.75, 3.05) is 11.9 Å². The van der Waals surface area contributed by atoms with E-state index in [2.05, 4.69) is 20.3 Å². The highest BCUT2D eigenvalue weighted by atomic mass is 19.4. The van der Waals surface area contributed by atoms with Crippen molar-refractivity contribution in [1.29, 1.82) is 0 Å². The van der Waals surface area contributed by atoms with Gasteiger partial charge in [0.15, 0.2) is 0 Å². The molecule has 0 amide bonds. The number of aliphatic hydroxyl groups excluding tert-OH is 1. The summed E-state index contributed by atoms with van der Waals surface area (Å²) in [5.41, 5.74) is -2.16. The largest absolute Gasteiger partial charge is 0.418 e. The van der Waals surface area contributed by atoms with Crippen molar-refractivity contribution in [1.82, 2.24) is 15.0 Å². The van der Waals surface area contributed by atoms with Gasteiger partial charge in [0.05, 0.1) is 28.9 Å². The summed E-state index contributed by atoms with van der Waals surface area (Å²) in [6, 6.07) is 10.8. The Morgan fingerprint density at radius 1 is 0.861 bits per heavy atom. The number of nitrogens with one attached hydrogen (secondary N) is 1. The van der Waals surface area contributed by atoms with Crippen molar-refractivity contribution in [3.8, 4) is 11.3 Å². The van der Waals surface area contributed by atoms with Gasteiger partial charge < -0.3 is 10.4 Å². The fourth-order valence-corrected chi connectivity index (χ4v) is 3.49. The van der Waals surface area contributed by atoms with Crippen LogP contribution in [-0.4, -0.2) is 26.7 Å². The molecule has 0 aliphatic heterocycles. The Bertz CT molecular complexity index is 1400. The van der Waals surface area contributed by atoms with Crippen LogP contribution >= 0.6 is 0 Å². The molecule has 0 atom stereocenters. The zero-order chi connectivity index (χ0) is 26.3. The SMILES string of the molecule is CC(C)(CO)c1nc(Nc2ccc(C(F)(F)F)cc2)c2ccc(-c3ncccc3C(F)(F)F)cc2n1. The Labute approximate surface area is 201 Å². The van der Waals surface area contributed by atoms with E-state index in [4.69, 9.17) is 0 Å². The second-order valence-corrected chi connectivity index (χ2v) is 8.77. The summed E-state index contributed by atoms with van der Waals surface area (Å²) in [5.74, 6) is 0.418. The lowest BCUT2D eigenvalue weighted by Crippen LogP contribution is -2.25. The van der Waals surface area contributed by atoms with Crippen molar-refractivity contribution in [2.24, 2.45) is 0 Å². The van der Waals surface area contributed by atoms with Crippen LogP contribution in [0.5, 0.6) is 0 Å². The van der Waals surface area contributed by atoms with E-state index in [9.17, 15) is 31.4 Å². The van der Waals surface area contributed by atoms with E-state index in [1.807, 2.05) is 0 Å². The average Bonchev–Trinajstić information content (AvgIpc) is 2.83. The van der Waals surface area contributed by atoms with Gasteiger partial charge in [-0.25, -0.2) is 9.97 Å².